The summed E-state index contributed by atoms with van der Waals surface area (Å²) in [4.78, 5) is 11.0. The molecule has 0 saturated heterocycles. The van der Waals surface area contributed by atoms with Gasteiger partial charge in [0.1, 0.15) is 0 Å². The Labute approximate surface area is 113 Å². The molecule has 0 spiro atoms. The molecule has 1 aromatic carbocycles. The summed E-state index contributed by atoms with van der Waals surface area (Å²) in [6.45, 7) is 6.13. The van der Waals surface area contributed by atoms with Crippen LogP contribution in [0.3, 0.4) is 0 Å². The van der Waals surface area contributed by atoms with E-state index >= 15 is 0 Å². The number of halogens is 1. The third-order valence-electron chi connectivity index (χ3n) is 2.93. The SMILES string of the molecule is COc1ccc(C(CC(=O)O)CC(C)(C)C)cc1F. The van der Waals surface area contributed by atoms with Gasteiger partial charge in [-0.2, -0.15) is 0 Å². The maximum absolute atomic E-state index is 13.7. The molecule has 3 nitrogen and oxygen atoms in total. The van der Waals surface area contributed by atoms with Crippen molar-refractivity contribution in [2.45, 2.75) is 39.5 Å². The Bertz CT molecular complexity index is 449. The number of carbonyl (C=O) groups is 1. The van der Waals surface area contributed by atoms with E-state index in [1.54, 1.807) is 12.1 Å². The van der Waals surface area contributed by atoms with Crippen LogP contribution in [0.15, 0.2) is 18.2 Å². The van der Waals surface area contributed by atoms with Crippen LogP contribution in [0.25, 0.3) is 0 Å². The number of carboxylic acid groups (broad SMARTS) is 1. The van der Waals surface area contributed by atoms with Gasteiger partial charge in [0.05, 0.1) is 13.5 Å². The average Bonchev–Trinajstić information content (AvgIpc) is 2.25. The highest BCUT2D eigenvalue weighted by atomic mass is 19.1. The Morgan fingerprint density at radius 2 is 2.05 bits per heavy atom. The minimum absolute atomic E-state index is 0.00301. The number of rotatable bonds is 5. The second-order valence-electron chi connectivity index (χ2n) is 5.95. The smallest absolute Gasteiger partial charge is 0.303 e. The van der Waals surface area contributed by atoms with Gasteiger partial charge in [0, 0.05) is 0 Å². The maximum Gasteiger partial charge on any atom is 0.303 e. The first-order chi connectivity index (χ1) is 8.73. The van der Waals surface area contributed by atoms with E-state index in [1.807, 2.05) is 20.8 Å². The number of methoxy groups -OCH3 is 1. The molecule has 0 aliphatic rings. The van der Waals surface area contributed by atoms with Crippen molar-refractivity contribution in [3.63, 3.8) is 0 Å². The Balaban J connectivity index is 3.03. The summed E-state index contributed by atoms with van der Waals surface area (Å²) in [5.41, 5.74) is 0.687. The lowest BCUT2D eigenvalue weighted by Gasteiger charge is -2.25. The predicted octanol–water partition coefficient (Wildman–Crippen LogP) is 3.83. The van der Waals surface area contributed by atoms with E-state index in [2.05, 4.69) is 0 Å². The molecule has 0 aromatic heterocycles. The van der Waals surface area contributed by atoms with E-state index in [-0.39, 0.29) is 23.5 Å². The first kappa shape index (κ1) is 15.5. The number of benzene rings is 1. The molecule has 0 amide bonds. The molecule has 1 unspecified atom stereocenters. The second kappa shape index (κ2) is 6.04. The predicted molar refractivity (Wildman–Crippen MR) is 72.0 cm³/mol. The zero-order valence-electron chi connectivity index (χ0n) is 11.9. The quantitative estimate of drug-likeness (QED) is 0.882. The molecule has 19 heavy (non-hydrogen) atoms. The zero-order chi connectivity index (χ0) is 14.6. The van der Waals surface area contributed by atoms with E-state index in [1.165, 1.54) is 13.2 Å². The van der Waals surface area contributed by atoms with Gasteiger partial charge in [-0.05, 0) is 35.4 Å². The fraction of sp³-hybridized carbons (Fsp3) is 0.533. The molecule has 4 heteroatoms. The van der Waals surface area contributed by atoms with E-state index < -0.39 is 11.8 Å². The van der Waals surface area contributed by atoms with Gasteiger partial charge < -0.3 is 9.84 Å². The van der Waals surface area contributed by atoms with E-state index in [0.717, 1.165) is 0 Å². The molecule has 0 radical (unpaired) electrons. The lowest BCUT2D eigenvalue weighted by atomic mass is 9.80. The number of carboxylic acids is 1. The largest absolute Gasteiger partial charge is 0.494 e. The van der Waals surface area contributed by atoms with E-state index in [9.17, 15) is 9.18 Å². The minimum Gasteiger partial charge on any atom is -0.494 e. The van der Waals surface area contributed by atoms with E-state index in [0.29, 0.717) is 12.0 Å². The monoisotopic (exact) mass is 268 g/mol. The second-order valence-corrected chi connectivity index (χ2v) is 5.95. The molecule has 0 fully saturated rings. The first-order valence-electron chi connectivity index (χ1n) is 6.28. The third-order valence-corrected chi connectivity index (χ3v) is 2.93. The van der Waals surface area contributed by atoms with Gasteiger partial charge in [-0.1, -0.05) is 26.8 Å². The maximum atomic E-state index is 13.7. The third kappa shape index (κ3) is 4.89. The van der Waals surface area contributed by atoms with Gasteiger partial charge >= 0.3 is 5.97 Å². The van der Waals surface area contributed by atoms with Crippen molar-refractivity contribution >= 4 is 5.97 Å². The zero-order valence-corrected chi connectivity index (χ0v) is 11.9. The summed E-state index contributed by atoms with van der Waals surface area (Å²) in [6, 6.07) is 4.65. The van der Waals surface area contributed by atoms with Crippen molar-refractivity contribution < 1.29 is 19.0 Å². The van der Waals surface area contributed by atoms with Crippen molar-refractivity contribution in [2.24, 2.45) is 5.41 Å². The van der Waals surface area contributed by atoms with Gasteiger partial charge in [0.15, 0.2) is 11.6 Å². The highest BCUT2D eigenvalue weighted by Crippen LogP contribution is 2.35. The Morgan fingerprint density at radius 3 is 2.47 bits per heavy atom. The topological polar surface area (TPSA) is 46.5 Å². The molecule has 0 aliphatic carbocycles. The highest BCUT2D eigenvalue weighted by Gasteiger charge is 2.23. The van der Waals surface area contributed by atoms with Crippen LogP contribution in [-0.4, -0.2) is 18.2 Å². The van der Waals surface area contributed by atoms with Gasteiger partial charge in [-0.15, -0.1) is 0 Å². The molecular formula is C15H21FO3. The van der Waals surface area contributed by atoms with Crippen molar-refractivity contribution in [3.05, 3.63) is 29.6 Å². The van der Waals surface area contributed by atoms with Crippen molar-refractivity contribution in [3.8, 4) is 5.75 Å². The fourth-order valence-corrected chi connectivity index (χ4v) is 2.19. The molecule has 1 rings (SSSR count). The molecule has 0 bridgehead atoms. The van der Waals surface area contributed by atoms with Crippen molar-refractivity contribution in [1.82, 2.24) is 0 Å². The fourth-order valence-electron chi connectivity index (χ4n) is 2.19. The van der Waals surface area contributed by atoms with Gasteiger partial charge in [0.25, 0.3) is 0 Å². The molecule has 0 saturated carbocycles. The van der Waals surface area contributed by atoms with Crippen molar-refractivity contribution in [2.75, 3.05) is 7.11 Å². The molecule has 1 N–H and O–H groups in total. The molecular weight excluding hydrogens is 247 g/mol. The molecule has 1 atom stereocenters. The Hall–Kier alpha value is -1.58. The van der Waals surface area contributed by atoms with Crippen LogP contribution >= 0.6 is 0 Å². The summed E-state index contributed by atoms with van der Waals surface area (Å²) >= 11 is 0. The summed E-state index contributed by atoms with van der Waals surface area (Å²) in [7, 11) is 1.40. The number of aliphatic carboxylic acids is 1. The van der Waals surface area contributed by atoms with Crippen LogP contribution in [0.1, 0.15) is 45.1 Å². The Morgan fingerprint density at radius 1 is 1.42 bits per heavy atom. The van der Waals surface area contributed by atoms with Crippen LogP contribution in [0.5, 0.6) is 5.75 Å². The highest BCUT2D eigenvalue weighted by molar-refractivity contribution is 5.68. The summed E-state index contributed by atoms with van der Waals surface area (Å²) in [6.07, 6.45) is 0.689. The van der Waals surface area contributed by atoms with Gasteiger partial charge in [-0.3, -0.25) is 4.79 Å². The van der Waals surface area contributed by atoms with E-state index in [4.69, 9.17) is 9.84 Å². The number of ether oxygens (including phenoxy) is 1. The lowest BCUT2D eigenvalue weighted by Crippen LogP contribution is -2.15. The molecule has 0 heterocycles. The standard InChI is InChI=1S/C15H21FO3/c1-15(2,3)9-11(8-14(17)18)10-5-6-13(19-4)12(16)7-10/h5-7,11H,8-9H2,1-4H3,(H,17,18). The lowest BCUT2D eigenvalue weighted by molar-refractivity contribution is -0.137. The summed E-state index contributed by atoms with van der Waals surface area (Å²) in [5, 5.41) is 8.99. The molecule has 1 aromatic rings. The normalized spacial score (nSPS) is 13.1. The summed E-state index contributed by atoms with van der Waals surface area (Å²) < 4.78 is 18.6. The van der Waals surface area contributed by atoms with Crippen LogP contribution in [0.4, 0.5) is 4.39 Å². The van der Waals surface area contributed by atoms with Gasteiger partial charge in [0.2, 0.25) is 0 Å². The van der Waals surface area contributed by atoms with Crippen LogP contribution < -0.4 is 4.74 Å². The van der Waals surface area contributed by atoms with Crippen LogP contribution in [-0.2, 0) is 4.79 Å². The number of hydrogen-bond acceptors (Lipinski definition) is 2. The first-order valence-corrected chi connectivity index (χ1v) is 6.28. The molecule has 106 valence electrons. The number of hydrogen-bond donors (Lipinski definition) is 1. The Kier molecular flexibility index (Phi) is 4.92. The minimum atomic E-state index is -0.870. The average molecular weight is 268 g/mol. The van der Waals surface area contributed by atoms with Gasteiger partial charge in [-0.25, -0.2) is 4.39 Å². The molecule has 0 aliphatic heterocycles. The van der Waals surface area contributed by atoms with Crippen LogP contribution in [0, 0.1) is 11.2 Å². The van der Waals surface area contributed by atoms with Crippen molar-refractivity contribution in [1.29, 1.82) is 0 Å². The van der Waals surface area contributed by atoms with Crippen LogP contribution in [0.2, 0.25) is 0 Å². The summed E-state index contributed by atoms with van der Waals surface area (Å²) in [5.74, 6) is -1.35.